The van der Waals surface area contributed by atoms with Crippen molar-refractivity contribution in [3.63, 3.8) is 0 Å². The Bertz CT molecular complexity index is 391. The molecule has 0 N–H and O–H groups in total. The number of benzene rings is 1. The van der Waals surface area contributed by atoms with Gasteiger partial charge in [0.1, 0.15) is 0 Å². The summed E-state index contributed by atoms with van der Waals surface area (Å²) in [5, 5.41) is 0. The minimum atomic E-state index is 0.770. The SMILES string of the molecule is [C]#CCCCc1c(C)cc(C)c(C)c1C. The summed E-state index contributed by atoms with van der Waals surface area (Å²) in [6.07, 6.45) is 9.78. The average molecular weight is 199 g/mol. The van der Waals surface area contributed by atoms with Gasteiger partial charge in [-0.2, -0.15) is 0 Å². The van der Waals surface area contributed by atoms with Gasteiger partial charge in [-0.15, -0.1) is 0 Å². The molecule has 0 unspecified atom stereocenters. The zero-order valence-corrected chi connectivity index (χ0v) is 10.2. The summed E-state index contributed by atoms with van der Waals surface area (Å²) in [7, 11) is 0. The van der Waals surface area contributed by atoms with E-state index < -0.39 is 0 Å². The molecule has 0 nitrogen and oxygen atoms in total. The van der Waals surface area contributed by atoms with Gasteiger partial charge in [-0.3, -0.25) is 0 Å². The lowest BCUT2D eigenvalue weighted by molar-refractivity contribution is 0.842. The fourth-order valence-electron chi connectivity index (χ4n) is 2.08. The van der Waals surface area contributed by atoms with Crippen LogP contribution in [-0.4, -0.2) is 0 Å². The smallest absolute Gasteiger partial charge is 0.0102 e. The molecule has 0 heterocycles. The topological polar surface area (TPSA) is 0 Å². The lowest BCUT2D eigenvalue weighted by Gasteiger charge is -2.14. The fraction of sp³-hybridized carbons (Fsp3) is 0.467. The van der Waals surface area contributed by atoms with Crippen LogP contribution in [0.15, 0.2) is 6.07 Å². The fourth-order valence-corrected chi connectivity index (χ4v) is 2.08. The summed E-state index contributed by atoms with van der Waals surface area (Å²) in [5.74, 6) is 2.45. The van der Waals surface area contributed by atoms with E-state index in [-0.39, 0.29) is 0 Å². The van der Waals surface area contributed by atoms with Crippen molar-refractivity contribution < 1.29 is 0 Å². The summed E-state index contributed by atoms with van der Waals surface area (Å²) in [4.78, 5) is 0. The van der Waals surface area contributed by atoms with Gasteiger partial charge in [0, 0.05) is 6.42 Å². The van der Waals surface area contributed by atoms with Crippen molar-refractivity contribution in [1.82, 2.24) is 0 Å². The van der Waals surface area contributed by atoms with E-state index in [0.717, 1.165) is 19.3 Å². The van der Waals surface area contributed by atoms with Crippen molar-refractivity contribution in [1.29, 1.82) is 0 Å². The second-order valence-electron chi connectivity index (χ2n) is 4.27. The van der Waals surface area contributed by atoms with E-state index in [1.807, 2.05) is 0 Å². The highest BCUT2D eigenvalue weighted by Gasteiger charge is 2.07. The number of aryl methyl sites for hydroxylation is 2. The average Bonchev–Trinajstić information content (AvgIpc) is 2.20. The zero-order chi connectivity index (χ0) is 11.4. The van der Waals surface area contributed by atoms with Crippen LogP contribution in [0.2, 0.25) is 0 Å². The molecule has 0 heteroatoms. The van der Waals surface area contributed by atoms with Crippen LogP contribution in [0.4, 0.5) is 0 Å². The summed E-state index contributed by atoms with van der Waals surface area (Å²) >= 11 is 0. The monoisotopic (exact) mass is 199 g/mol. The Labute approximate surface area is 93.7 Å². The summed E-state index contributed by atoms with van der Waals surface area (Å²) in [6, 6.07) is 2.27. The molecular weight excluding hydrogens is 180 g/mol. The van der Waals surface area contributed by atoms with Crippen LogP contribution in [0.1, 0.15) is 40.7 Å². The van der Waals surface area contributed by atoms with Gasteiger partial charge in [-0.05, 0) is 74.8 Å². The minimum absolute atomic E-state index is 0.770. The van der Waals surface area contributed by atoms with Gasteiger partial charge in [0.15, 0.2) is 0 Å². The van der Waals surface area contributed by atoms with E-state index in [9.17, 15) is 0 Å². The van der Waals surface area contributed by atoms with Crippen LogP contribution in [-0.2, 0) is 6.42 Å². The van der Waals surface area contributed by atoms with Crippen LogP contribution < -0.4 is 0 Å². The molecule has 0 aliphatic carbocycles. The molecule has 0 aromatic heterocycles. The summed E-state index contributed by atoms with van der Waals surface area (Å²) in [5.41, 5.74) is 7.08. The van der Waals surface area contributed by atoms with Gasteiger partial charge in [0.2, 0.25) is 0 Å². The second kappa shape index (κ2) is 5.03. The molecule has 1 aromatic rings. The first-order chi connectivity index (χ1) is 7.07. The third-order valence-electron chi connectivity index (χ3n) is 3.24. The normalized spacial score (nSPS) is 10.1. The van der Waals surface area contributed by atoms with Crippen LogP contribution in [0.5, 0.6) is 0 Å². The van der Waals surface area contributed by atoms with Gasteiger partial charge < -0.3 is 0 Å². The number of hydrogen-bond donors (Lipinski definition) is 0. The van der Waals surface area contributed by atoms with E-state index in [2.05, 4.69) is 39.7 Å². The van der Waals surface area contributed by atoms with Crippen LogP contribution in [0.25, 0.3) is 0 Å². The Kier molecular flexibility index (Phi) is 3.97. The highest BCUT2D eigenvalue weighted by atomic mass is 14.1. The van der Waals surface area contributed by atoms with Crippen molar-refractivity contribution in [2.45, 2.75) is 47.0 Å². The van der Waals surface area contributed by atoms with E-state index >= 15 is 0 Å². The van der Waals surface area contributed by atoms with Gasteiger partial charge in [0.05, 0.1) is 0 Å². The third-order valence-corrected chi connectivity index (χ3v) is 3.24. The van der Waals surface area contributed by atoms with Gasteiger partial charge in [-0.25, -0.2) is 0 Å². The maximum atomic E-state index is 6.90. The van der Waals surface area contributed by atoms with Crippen molar-refractivity contribution in [3.8, 4) is 5.92 Å². The van der Waals surface area contributed by atoms with Crippen molar-refractivity contribution >= 4 is 0 Å². The molecule has 0 amide bonds. The quantitative estimate of drug-likeness (QED) is 0.512. The third kappa shape index (κ3) is 2.63. The molecule has 0 saturated heterocycles. The lowest BCUT2D eigenvalue weighted by atomic mass is 9.91. The molecule has 1 aromatic carbocycles. The number of unbranched alkanes of at least 4 members (excludes halogenated alkanes) is 1. The number of hydrogen-bond acceptors (Lipinski definition) is 0. The summed E-state index contributed by atoms with van der Waals surface area (Å²) in [6.45, 7) is 8.75. The Morgan fingerprint density at radius 1 is 1.07 bits per heavy atom. The second-order valence-corrected chi connectivity index (χ2v) is 4.27. The Morgan fingerprint density at radius 2 is 1.73 bits per heavy atom. The maximum absolute atomic E-state index is 6.90. The molecular formula is C15H19. The molecule has 0 aliphatic rings. The molecule has 0 bridgehead atoms. The molecule has 79 valence electrons. The first-order valence-electron chi connectivity index (χ1n) is 5.53. The number of rotatable bonds is 3. The van der Waals surface area contributed by atoms with E-state index in [0.29, 0.717) is 0 Å². The minimum Gasteiger partial charge on any atom is -0.0891 e. The first kappa shape index (κ1) is 11.9. The molecule has 0 saturated carbocycles. The summed E-state index contributed by atoms with van der Waals surface area (Å²) < 4.78 is 0. The van der Waals surface area contributed by atoms with Crippen molar-refractivity contribution in [3.05, 3.63) is 40.3 Å². The standard InChI is InChI=1S/C15H19/c1-6-7-8-9-15-12(3)10-11(2)13(4)14(15)5/h10H,7-9H2,2-5H3. The van der Waals surface area contributed by atoms with Crippen LogP contribution in [0, 0.1) is 40.0 Å². The highest BCUT2D eigenvalue weighted by Crippen LogP contribution is 2.22. The highest BCUT2D eigenvalue weighted by molar-refractivity contribution is 5.43. The lowest BCUT2D eigenvalue weighted by Crippen LogP contribution is -1.99. The Balaban J connectivity index is 2.98. The largest absolute Gasteiger partial charge is 0.0891 e. The molecule has 1 rings (SSSR count). The predicted octanol–water partition coefficient (Wildman–Crippen LogP) is 3.83. The molecule has 0 atom stereocenters. The van der Waals surface area contributed by atoms with E-state index in [1.165, 1.54) is 27.8 Å². The van der Waals surface area contributed by atoms with E-state index in [4.69, 9.17) is 6.42 Å². The Morgan fingerprint density at radius 3 is 2.33 bits per heavy atom. The molecule has 0 spiro atoms. The van der Waals surface area contributed by atoms with Crippen molar-refractivity contribution in [2.75, 3.05) is 0 Å². The predicted molar refractivity (Wildman–Crippen MR) is 65.5 cm³/mol. The molecule has 0 fully saturated rings. The Hall–Kier alpha value is -1.22. The van der Waals surface area contributed by atoms with Crippen molar-refractivity contribution in [2.24, 2.45) is 0 Å². The van der Waals surface area contributed by atoms with Crippen LogP contribution in [0.3, 0.4) is 0 Å². The zero-order valence-electron chi connectivity index (χ0n) is 10.2. The molecule has 0 aliphatic heterocycles. The first-order valence-corrected chi connectivity index (χ1v) is 5.53. The molecule has 1 radical (unpaired) electrons. The maximum Gasteiger partial charge on any atom is 0.0102 e. The van der Waals surface area contributed by atoms with Gasteiger partial charge in [0.25, 0.3) is 0 Å². The van der Waals surface area contributed by atoms with Gasteiger partial charge >= 0.3 is 0 Å². The van der Waals surface area contributed by atoms with E-state index in [1.54, 1.807) is 0 Å². The van der Waals surface area contributed by atoms with Gasteiger partial charge in [-0.1, -0.05) is 12.0 Å². The van der Waals surface area contributed by atoms with Crippen LogP contribution >= 0.6 is 0 Å². The molecule has 15 heavy (non-hydrogen) atoms.